The maximum atomic E-state index is 12.6. The van der Waals surface area contributed by atoms with Gasteiger partial charge in [0.25, 0.3) is 0 Å². The number of benzene rings is 1. The van der Waals surface area contributed by atoms with Gasteiger partial charge in [0.1, 0.15) is 0 Å². The van der Waals surface area contributed by atoms with Crippen LogP contribution in [-0.4, -0.2) is 41.3 Å². The van der Waals surface area contributed by atoms with Gasteiger partial charge in [-0.05, 0) is 49.6 Å². The number of nitrogens with one attached hydrogen (secondary N) is 1. The molecule has 1 aromatic carbocycles. The molecule has 2 heterocycles. The molecule has 1 aliphatic heterocycles. The van der Waals surface area contributed by atoms with Gasteiger partial charge in [-0.3, -0.25) is 19.5 Å². The normalized spacial score (nSPS) is 18.2. The highest BCUT2D eigenvalue weighted by atomic mass is 16.2. The van der Waals surface area contributed by atoms with E-state index in [1.54, 1.807) is 6.20 Å². The van der Waals surface area contributed by atoms with Gasteiger partial charge in [-0.1, -0.05) is 12.1 Å². The van der Waals surface area contributed by atoms with E-state index < -0.39 is 0 Å². The van der Waals surface area contributed by atoms with Crippen molar-refractivity contribution in [2.45, 2.75) is 26.3 Å². The minimum absolute atomic E-state index is 0.0365. The first-order valence-corrected chi connectivity index (χ1v) is 8.66. The lowest BCUT2D eigenvalue weighted by molar-refractivity contribution is -0.128. The average molecular weight is 340 g/mol. The van der Waals surface area contributed by atoms with Crippen LogP contribution in [-0.2, 0) is 16.1 Å². The van der Waals surface area contributed by atoms with Crippen molar-refractivity contribution in [3.63, 3.8) is 0 Å². The quantitative estimate of drug-likeness (QED) is 0.860. The molecule has 6 nitrogen and oxygen atoms in total. The van der Waals surface area contributed by atoms with Crippen LogP contribution in [0.1, 0.15) is 24.0 Å². The fourth-order valence-corrected chi connectivity index (χ4v) is 3.51. The number of piperidine rings is 1. The highest BCUT2D eigenvalue weighted by molar-refractivity contribution is 5.84. The number of fused-ring (bicyclic) bond motifs is 1. The van der Waals surface area contributed by atoms with Crippen molar-refractivity contribution in [3.05, 3.63) is 41.6 Å². The number of amides is 2. The molecular weight excluding hydrogens is 316 g/mol. The van der Waals surface area contributed by atoms with Crippen molar-refractivity contribution >= 4 is 22.7 Å². The zero-order valence-electron chi connectivity index (χ0n) is 14.5. The van der Waals surface area contributed by atoms with E-state index in [-0.39, 0.29) is 24.3 Å². The smallest absolute Gasteiger partial charge is 0.231 e. The molecule has 0 bridgehead atoms. The Morgan fingerprint density at radius 2 is 2.20 bits per heavy atom. The van der Waals surface area contributed by atoms with Crippen LogP contribution < -0.4 is 11.1 Å². The lowest BCUT2D eigenvalue weighted by Crippen LogP contribution is -2.45. The van der Waals surface area contributed by atoms with Crippen LogP contribution in [0.25, 0.3) is 10.9 Å². The van der Waals surface area contributed by atoms with Gasteiger partial charge in [0.05, 0.1) is 18.0 Å². The third kappa shape index (κ3) is 4.14. The number of hydrogen-bond acceptors (Lipinski definition) is 4. The molecule has 0 saturated carbocycles. The summed E-state index contributed by atoms with van der Waals surface area (Å²) in [7, 11) is 0. The predicted octanol–water partition coefficient (Wildman–Crippen LogP) is 1.36. The average Bonchev–Trinajstić information content (AvgIpc) is 2.60. The van der Waals surface area contributed by atoms with Crippen molar-refractivity contribution < 1.29 is 9.59 Å². The minimum Gasteiger partial charge on any atom is -0.369 e. The fourth-order valence-electron chi connectivity index (χ4n) is 3.51. The Balaban J connectivity index is 1.66. The van der Waals surface area contributed by atoms with Crippen molar-refractivity contribution in [1.29, 1.82) is 0 Å². The largest absolute Gasteiger partial charge is 0.369 e. The van der Waals surface area contributed by atoms with Crippen molar-refractivity contribution in [3.8, 4) is 0 Å². The Morgan fingerprint density at radius 1 is 1.36 bits per heavy atom. The van der Waals surface area contributed by atoms with Gasteiger partial charge in [-0.15, -0.1) is 0 Å². The van der Waals surface area contributed by atoms with Crippen LogP contribution in [0.4, 0.5) is 0 Å². The monoisotopic (exact) mass is 340 g/mol. The van der Waals surface area contributed by atoms with E-state index >= 15 is 0 Å². The van der Waals surface area contributed by atoms with Crippen LogP contribution in [0, 0.1) is 12.8 Å². The number of rotatable bonds is 5. The summed E-state index contributed by atoms with van der Waals surface area (Å²) in [6.45, 7) is 4.16. The number of nitrogens with two attached hydrogens (primary N) is 1. The molecule has 3 rings (SSSR count). The summed E-state index contributed by atoms with van der Waals surface area (Å²) in [5.74, 6) is -0.407. The summed E-state index contributed by atoms with van der Waals surface area (Å²) >= 11 is 0. The van der Waals surface area contributed by atoms with Crippen LogP contribution >= 0.6 is 0 Å². The second-order valence-electron chi connectivity index (χ2n) is 6.69. The molecule has 1 aliphatic rings. The minimum atomic E-state index is -0.347. The molecule has 0 aliphatic carbocycles. The van der Waals surface area contributed by atoms with Crippen molar-refractivity contribution in [2.24, 2.45) is 11.7 Å². The molecule has 3 N–H and O–H groups in total. The van der Waals surface area contributed by atoms with Crippen molar-refractivity contribution in [2.75, 3.05) is 19.6 Å². The first-order chi connectivity index (χ1) is 12.0. The van der Waals surface area contributed by atoms with E-state index in [2.05, 4.69) is 10.3 Å². The Bertz CT molecular complexity index is 790. The molecule has 1 fully saturated rings. The number of pyridine rings is 1. The second kappa shape index (κ2) is 7.61. The van der Waals surface area contributed by atoms with Gasteiger partial charge in [0.15, 0.2) is 0 Å². The molecule has 2 aromatic rings. The third-order valence-corrected chi connectivity index (χ3v) is 4.83. The molecule has 1 unspecified atom stereocenters. The lowest BCUT2D eigenvalue weighted by Gasteiger charge is -2.31. The van der Waals surface area contributed by atoms with Gasteiger partial charge in [-0.2, -0.15) is 0 Å². The first kappa shape index (κ1) is 17.4. The summed E-state index contributed by atoms with van der Waals surface area (Å²) in [4.78, 5) is 30.0. The second-order valence-corrected chi connectivity index (χ2v) is 6.69. The molecule has 132 valence electrons. The predicted molar refractivity (Wildman–Crippen MR) is 96.7 cm³/mol. The van der Waals surface area contributed by atoms with E-state index in [1.165, 1.54) is 0 Å². The molecule has 25 heavy (non-hydrogen) atoms. The Labute approximate surface area is 147 Å². The number of carbonyl (C=O) groups excluding carboxylic acids is 2. The fraction of sp³-hybridized carbons (Fsp3) is 0.421. The number of likely N-dealkylation sites (tertiary alicyclic amines) is 1. The molecule has 1 aromatic heterocycles. The molecule has 1 atom stereocenters. The summed E-state index contributed by atoms with van der Waals surface area (Å²) in [5.41, 5.74) is 8.43. The summed E-state index contributed by atoms with van der Waals surface area (Å²) in [6, 6.07) is 7.98. The molecule has 1 saturated heterocycles. The van der Waals surface area contributed by atoms with E-state index in [4.69, 9.17) is 5.73 Å². The Kier molecular flexibility index (Phi) is 5.28. The van der Waals surface area contributed by atoms with E-state index in [9.17, 15) is 9.59 Å². The van der Waals surface area contributed by atoms with Gasteiger partial charge in [-0.25, -0.2) is 0 Å². The summed E-state index contributed by atoms with van der Waals surface area (Å²) in [6.07, 6.45) is 3.52. The maximum Gasteiger partial charge on any atom is 0.231 e. The van der Waals surface area contributed by atoms with Gasteiger partial charge in [0.2, 0.25) is 11.8 Å². The molecule has 2 amide bonds. The van der Waals surface area contributed by atoms with E-state index in [1.807, 2.05) is 36.1 Å². The third-order valence-electron chi connectivity index (χ3n) is 4.83. The van der Waals surface area contributed by atoms with Crippen LogP contribution in [0.5, 0.6) is 0 Å². The molecule has 0 radical (unpaired) electrons. The van der Waals surface area contributed by atoms with E-state index in [0.717, 1.165) is 41.4 Å². The topological polar surface area (TPSA) is 88.3 Å². The summed E-state index contributed by atoms with van der Waals surface area (Å²) in [5, 5.41) is 4.14. The van der Waals surface area contributed by atoms with Crippen LogP contribution in [0.2, 0.25) is 0 Å². The zero-order chi connectivity index (χ0) is 17.8. The highest BCUT2D eigenvalue weighted by Crippen LogP contribution is 2.21. The molecule has 6 heteroatoms. The number of primary amides is 1. The Hall–Kier alpha value is -2.47. The number of nitrogens with zero attached hydrogens (tertiary/aromatic N) is 2. The SMILES string of the molecule is Cc1ccc2ncccc2c1CNC(=O)C1CCCN(CC(N)=O)C1. The van der Waals surface area contributed by atoms with E-state index in [0.29, 0.717) is 13.1 Å². The standard InChI is InChI=1S/C19H24N4O2/c1-13-6-7-17-15(5-2-8-21-17)16(13)10-22-19(25)14-4-3-9-23(11-14)12-18(20)24/h2,5-8,14H,3-4,9-12H2,1H3,(H2,20,24)(H,22,25). The van der Waals surface area contributed by atoms with Gasteiger partial charge in [0, 0.05) is 24.7 Å². The molecular formula is C19H24N4O2. The number of hydrogen-bond donors (Lipinski definition) is 2. The van der Waals surface area contributed by atoms with Crippen molar-refractivity contribution in [1.82, 2.24) is 15.2 Å². The lowest BCUT2D eigenvalue weighted by atomic mass is 9.96. The molecule has 0 spiro atoms. The van der Waals surface area contributed by atoms with Crippen LogP contribution in [0.15, 0.2) is 30.5 Å². The summed E-state index contributed by atoms with van der Waals surface area (Å²) < 4.78 is 0. The van der Waals surface area contributed by atoms with Gasteiger partial charge >= 0.3 is 0 Å². The maximum absolute atomic E-state index is 12.6. The zero-order valence-corrected chi connectivity index (χ0v) is 14.5. The first-order valence-electron chi connectivity index (χ1n) is 8.66. The number of carbonyl (C=O) groups is 2. The Morgan fingerprint density at radius 3 is 3.00 bits per heavy atom. The van der Waals surface area contributed by atoms with Gasteiger partial charge < -0.3 is 11.1 Å². The van der Waals surface area contributed by atoms with Crippen LogP contribution in [0.3, 0.4) is 0 Å². The number of aryl methyl sites for hydroxylation is 1. The number of aromatic nitrogens is 1. The highest BCUT2D eigenvalue weighted by Gasteiger charge is 2.26.